The lowest BCUT2D eigenvalue weighted by Crippen LogP contribution is -1.89. The van der Waals surface area contributed by atoms with E-state index in [-0.39, 0.29) is 0 Å². The predicted molar refractivity (Wildman–Crippen MR) is 91.5 cm³/mol. The van der Waals surface area contributed by atoms with Crippen LogP contribution >= 0.6 is 0 Å². The fourth-order valence-electron chi connectivity index (χ4n) is 3.00. The summed E-state index contributed by atoms with van der Waals surface area (Å²) in [4.78, 5) is 4.91. The third kappa shape index (κ3) is 1.82. The number of nitrogens with zero attached hydrogens (tertiary/aromatic N) is 1. The van der Waals surface area contributed by atoms with Crippen LogP contribution in [0.5, 0.6) is 0 Å². The van der Waals surface area contributed by atoms with Gasteiger partial charge in [-0.2, -0.15) is 0 Å². The van der Waals surface area contributed by atoms with Crippen molar-refractivity contribution >= 4 is 38.7 Å². The summed E-state index contributed by atoms with van der Waals surface area (Å²) in [6, 6.07) is 21.2. The number of fused-ring (bicyclic) bond motifs is 4. The van der Waals surface area contributed by atoms with Crippen molar-refractivity contribution < 1.29 is 0 Å². The van der Waals surface area contributed by atoms with Gasteiger partial charge in [0.2, 0.25) is 0 Å². The topological polar surface area (TPSA) is 12.9 Å². The molecular weight excluding hydrogens is 254 g/mol. The first-order valence-corrected chi connectivity index (χ1v) is 7.21. The number of rotatable bonds is 1. The molecule has 3 aromatic carbocycles. The van der Waals surface area contributed by atoms with Gasteiger partial charge < -0.3 is 0 Å². The summed E-state index contributed by atoms with van der Waals surface area (Å²) in [5.74, 6) is 0. The van der Waals surface area contributed by atoms with Crippen molar-refractivity contribution in [3.63, 3.8) is 0 Å². The molecule has 1 aromatic heterocycles. The van der Waals surface area contributed by atoms with Crippen LogP contribution in [0.25, 0.3) is 38.7 Å². The summed E-state index contributed by atoms with van der Waals surface area (Å²) in [5, 5.41) is 4.87. The van der Waals surface area contributed by atoms with E-state index in [1.807, 2.05) is 6.07 Å². The van der Waals surface area contributed by atoms with E-state index in [2.05, 4.69) is 73.7 Å². The second-order valence-corrected chi connectivity index (χ2v) is 5.23. The van der Waals surface area contributed by atoms with Gasteiger partial charge in [-0.05, 0) is 23.9 Å². The summed E-state index contributed by atoms with van der Waals surface area (Å²) in [6.07, 6.45) is 4.28. The van der Waals surface area contributed by atoms with Crippen LogP contribution in [0.4, 0.5) is 0 Å². The average molecular weight is 269 g/mol. The van der Waals surface area contributed by atoms with Gasteiger partial charge in [-0.3, -0.25) is 0 Å². The molecule has 0 fully saturated rings. The summed E-state index contributed by atoms with van der Waals surface area (Å²) in [5.41, 5.74) is 3.39. The van der Waals surface area contributed by atoms with E-state index in [1.54, 1.807) is 0 Å². The zero-order valence-electron chi connectivity index (χ0n) is 11.9. The van der Waals surface area contributed by atoms with E-state index in [1.165, 1.54) is 27.1 Å². The average Bonchev–Trinajstić information content (AvgIpc) is 2.55. The number of allylic oxidation sites excluding steroid dienone is 1. The van der Waals surface area contributed by atoms with Crippen LogP contribution in [0.3, 0.4) is 0 Å². The van der Waals surface area contributed by atoms with Gasteiger partial charge in [-0.25, -0.2) is 4.98 Å². The van der Waals surface area contributed by atoms with Gasteiger partial charge in [-0.1, -0.05) is 66.7 Å². The zero-order valence-corrected chi connectivity index (χ0v) is 11.9. The van der Waals surface area contributed by atoms with Gasteiger partial charge in [0.1, 0.15) is 0 Å². The highest BCUT2D eigenvalue weighted by Crippen LogP contribution is 2.31. The molecule has 4 aromatic rings. The Morgan fingerprint density at radius 1 is 0.762 bits per heavy atom. The first-order valence-electron chi connectivity index (χ1n) is 7.21. The highest BCUT2D eigenvalue weighted by molar-refractivity contribution is 6.12. The van der Waals surface area contributed by atoms with Crippen molar-refractivity contribution in [3.05, 3.63) is 72.3 Å². The summed E-state index contributed by atoms with van der Waals surface area (Å²) in [6.45, 7) is 2.06. The monoisotopic (exact) mass is 269 g/mol. The minimum Gasteiger partial charge on any atom is -0.247 e. The predicted octanol–water partition coefficient (Wildman–Crippen LogP) is 5.57. The maximum absolute atomic E-state index is 4.91. The van der Waals surface area contributed by atoms with Crippen LogP contribution in [-0.2, 0) is 0 Å². The van der Waals surface area contributed by atoms with E-state index in [0.29, 0.717) is 0 Å². The number of hydrogen-bond acceptors (Lipinski definition) is 1. The Hall–Kier alpha value is -2.67. The number of pyridine rings is 1. The summed E-state index contributed by atoms with van der Waals surface area (Å²) < 4.78 is 0. The standard InChI is InChI=1S/C20H15N/c1-2-7-16-17-10-5-6-11-19(17)21-20-15-9-4-3-8-14(15)12-13-18(16)20/h2-13H,1H3. The molecule has 0 aliphatic rings. The van der Waals surface area contributed by atoms with Crippen LogP contribution < -0.4 is 0 Å². The maximum Gasteiger partial charge on any atom is 0.0794 e. The lowest BCUT2D eigenvalue weighted by atomic mass is 9.98. The second-order valence-electron chi connectivity index (χ2n) is 5.23. The molecule has 0 amide bonds. The Bertz CT molecular complexity index is 996. The Labute approximate surface area is 123 Å². The quantitative estimate of drug-likeness (QED) is 0.325. The smallest absolute Gasteiger partial charge is 0.0794 e. The fraction of sp³-hybridized carbons (Fsp3) is 0.0500. The van der Waals surface area contributed by atoms with Crippen LogP contribution in [0, 0.1) is 0 Å². The van der Waals surface area contributed by atoms with Gasteiger partial charge in [-0.15, -0.1) is 0 Å². The third-order valence-electron chi connectivity index (χ3n) is 3.95. The van der Waals surface area contributed by atoms with E-state index in [4.69, 9.17) is 4.98 Å². The Morgan fingerprint density at radius 3 is 2.38 bits per heavy atom. The molecule has 0 saturated carbocycles. The maximum atomic E-state index is 4.91. The molecule has 0 atom stereocenters. The number of hydrogen-bond donors (Lipinski definition) is 0. The number of aromatic nitrogens is 1. The van der Waals surface area contributed by atoms with Crippen molar-refractivity contribution in [2.45, 2.75) is 6.92 Å². The lowest BCUT2D eigenvalue weighted by Gasteiger charge is -2.10. The van der Waals surface area contributed by atoms with Crippen LogP contribution in [0.1, 0.15) is 12.5 Å². The molecule has 0 aliphatic heterocycles. The molecule has 0 N–H and O–H groups in total. The SMILES string of the molecule is CC=Cc1c2ccccc2nc2c1ccc1ccccc12. The Kier molecular flexibility index (Phi) is 2.71. The van der Waals surface area contributed by atoms with Crippen molar-refractivity contribution in [1.82, 2.24) is 4.98 Å². The normalized spacial score (nSPS) is 11.9. The third-order valence-corrected chi connectivity index (χ3v) is 3.95. The molecule has 0 aliphatic carbocycles. The van der Waals surface area contributed by atoms with Crippen molar-refractivity contribution in [3.8, 4) is 0 Å². The minimum absolute atomic E-state index is 1.05. The van der Waals surface area contributed by atoms with E-state index >= 15 is 0 Å². The van der Waals surface area contributed by atoms with Crippen molar-refractivity contribution in [2.24, 2.45) is 0 Å². The van der Waals surface area contributed by atoms with E-state index in [0.717, 1.165) is 11.0 Å². The second kappa shape index (κ2) is 4.71. The van der Waals surface area contributed by atoms with Gasteiger partial charge in [0, 0.05) is 16.2 Å². The van der Waals surface area contributed by atoms with Gasteiger partial charge in [0.15, 0.2) is 0 Å². The largest absolute Gasteiger partial charge is 0.247 e. The lowest BCUT2D eigenvalue weighted by molar-refractivity contribution is 1.51. The molecule has 4 rings (SSSR count). The molecule has 21 heavy (non-hydrogen) atoms. The molecule has 100 valence electrons. The molecule has 1 heterocycles. The van der Waals surface area contributed by atoms with Crippen LogP contribution in [0.15, 0.2) is 66.7 Å². The highest BCUT2D eigenvalue weighted by atomic mass is 14.7. The van der Waals surface area contributed by atoms with Crippen LogP contribution in [-0.4, -0.2) is 4.98 Å². The van der Waals surface area contributed by atoms with Crippen molar-refractivity contribution in [1.29, 1.82) is 0 Å². The first kappa shape index (κ1) is 12.1. The molecule has 0 spiro atoms. The zero-order chi connectivity index (χ0) is 14.2. The Balaban J connectivity index is 2.30. The molecule has 0 saturated heterocycles. The fourth-order valence-corrected chi connectivity index (χ4v) is 3.00. The summed E-state index contributed by atoms with van der Waals surface area (Å²) >= 11 is 0. The van der Waals surface area contributed by atoms with E-state index < -0.39 is 0 Å². The van der Waals surface area contributed by atoms with E-state index in [9.17, 15) is 0 Å². The molecular formula is C20H15N. The molecule has 0 bridgehead atoms. The highest BCUT2D eigenvalue weighted by Gasteiger charge is 2.09. The van der Waals surface area contributed by atoms with Gasteiger partial charge >= 0.3 is 0 Å². The summed E-state index contributed by atoms with van der Waals surface area (Å²) in [7, 11) is 0. The van der Waals surface area contributed by atoms with Crippen molar-refractivity contribution in [2.75, 3.05) is 0 Å². The minimum atomic E-state index is 1.05. The molecule has 0 radical (unpaired) electrons. The number of benzene rings is 3. The molecule has 0 unspecified atom stereocenters. The first-order chi connectivity index (χ1) is 10.4. The molecule has 1 nitrogen and oxygen atoms in total. The van der Waals surface area contributed by atoms with Gasteiger partial charge in [0.05, 0.1) is 11.0 Å². The number of para-hydroxylation sites is 1. The Morgan fingerprint density at radius 2 is 1.52 bits per heavy atom. The van der Waals surface area contributed by atoms with Gasteiger partial charge in [0.25, 0.3) is 0 Å². The molecule has 1 heteroatoms. The van der Waals surface area contributed by atoms with Crippen LogP contribution in [0.2, 0.25) is 0 Å².